The first kappa shape index (κ1) is 10.5. The highest BCUT2D eigenvalue weighted by Crippen LogP contribution is 2.25. The number of rotatable bonds is 2. The largest absolute Gasteiger partial charge is 0.493 e. The summed E-state index contributed by atoms with van der Waals surface area (Å²) >= 11 is 5.19. The van der Waals surface area contributed by atoms with Gasteiger partial charge in [0.2, 0.25) is 0 Å². The van der Waals surface area contributed by atoms with E-state index in [2.05, 4.69) is 4.74 Å². The molecule has 0 radical (unpaired) electrons. The average molecular weight is 214 g/mol. The first-order valence-electron chi connectivity index (χ1n) is 3.57. The van der Waals surface area contributed by atoms with E-state index in [0.717, 1.165) is 6.07 Å². The van der Waals surface area contributed by atoms with E-state index in [1.165, 1.54) is 13.2 Å². The summed E-state index contributed by atoms with van der Waals surface area (Å²) in [6, 6.07) is 3.86. The minimum atomic E-state index is -0.863. The van der Waals surface area contributed by atoms with Crippen LogP contribution >= 0.6 is 11.6 Å². The molecule has 1 aromatic carbocycles. The number of halogens is 2. The van der Waals surface area contributed by atoms with Gasteiger partial charge in [-0.05, 0) is 23.7 Å². The van der Waals surface area contributed by atoms with E-state index in [0.29, 0.717) is 0 Å². The third-order valence-electron chi connectivity index (χ3n) is 1.59. The molecule has 0 aliphatic carbocycles. The summed E-state index contributed by atoms with van der Waals surface area (Å²) in [4.78, 5) is 10.9. The number of ether oxygens (including phenoxy) is 1. The van der Waals surface area contributed by atoms with Crippen molar-refractivity contribution in [3.63, 3.8) is 0 Å². The van der Waals surface area contributed by atoms with E-state index in [1.807, 2.05) is 0 Å². The van der Waals surface area contributed by atoms with Gasteiger partial charge in [-0.25, -0.2) is 4.39 Å². The number of hydrogen-bond donors (Lipinski definition) is 0. The first-order chi connectivity index (χ1) is 6.60. The van der Waals surface area contributed by atoms with Crippen molar-refractivity contribution in [2.45, 2.75) is 0 Å². The summed E-state index contributed by atoms with van der Waals surface area (Å²) < 4.78 is 17.8. The standard InChI is InChI=1S/C9H5ClFNO2/c1-14-8-6(9(10)13)2-5(4-12)3-7(8)11/h2-3H,1H3. The van der Waals surface area contributed by atoms with Crippen LogP contribution in [-0.4, -0.2) is 12.4 Å². The molecule has 0 saturated heterocycles. The first-order valence-corrected chi connectivity index (χ1v) is 3.95. The lowest BCUT2D eigenvalue weighted by Crippen LogP contribution is -1.99. The summed E-state index contributed by atoms with van der Waals surface area (Å²) in [6.07, 6.45) is 0. The van der Waals surface area contributed by atoms with Crippen molar-refractivity contribution < 1.29 is 13.9 Å². The molecule has 0 saturated carbocycles. The van der Waals surface area contributed by atoms with Crippen LogP contribution in [0.2, 0.25) is 0 Å². The van der Waals surface area contributed by atoms with Crippen LogP contribution in [0.5, 0.6) is 5.75 Å². The Hall–Kier alpha value is -1.60. The van der Waals surface area contributed by atoms with Crippen LogP contribution in [0.4, 0.5) is 4.39 Å². The average Bonchev–Trinajstić information content (AvgIpc) is 2.16. The summed E-state index contributed by atoms with van der Waals surface area (Å²) in [5.74, 6) is -1.03. The van der Waals surface area contributed by atoms with E-state index in [-0.39, 0.29) is 16.9 Å². The Morgan fingerprint density at radius 2 is 2.29 bits per heavy atom. The predicted molar refractivity (Wildman–Crippen MR) is 47.9 cm³/mol. The Bertz CT molecular complexity index is 426. The maximum Gasteiger partial charge on any atom is 0.256 e. The Labute approximate surface area is 84.7 Å². The van der Waals surface area contributed by atoms with Crippen molar-refractivity contribution in [1.29, 1.82) is 5.26 Å². The van der Waals surface area contributed by atoms with Gasteiger partial charge in [0.1, 0.15) is 0 Å². The number of nitrogens with zero attached hydrogens (tertiary/aromatic N) is 1. The molecule has 0 spiro atoms. The lowest BCUT2D eigenvalue weighted by atomic mass is 10.1. The number of nitriles is 1. The topological polar surface area (TPSA) is 50.1 Å². The van der Waals surface area contributed by atoms with Gasteiger partial charge in [0.05, 0.1) is 24.3 Å². The van der Waals surface area contributed by atoms with Crippen LogP contribution in [0, 0.1) is 17.1 Å². The molecular formula is C9H5ClFNO2. The van der Waals surface area contributed by atoms with E-state index >= 15 is 0 Å². The molecule has 0 aromatic heterocycles. The number of methoxy groups -OCH3 is 1. The predicted octanol–water partition coefficient (Wildman–Crippen LogP) is 2.08. The highest BCUT2D eigenvalue weighted by molar-refractivity contribution is 6.68. The van der Waals surface area contributed by atoms with Crippen molar-refractivity contribution >= 4 is 16.8 Å². The SMILES string of the molecule is COc1c(F)cc(C#N)cc1C(=O)Cl. The zero-order valence-electron chi connectivity index (χ0n) is 7.17. The molecule has 0 aliphatic heterocycles. The molecule has 3 nitrogen and oxygen atoms in total. The maximum atomic E-state index is 13.2. The lowest BCUT2D eigenvalue weighted by molar-refractivity contribution is 0.107. The lowest BCUT2D eigenvalue weighted by Gasteiger charge is -2.05. The van der Waals surface area contributed by atoms with E-state index in [4.69, 9.17) is 16.9 Å². The zero-order valence-corrected chi connectivity index (χ0v) is 7.93. The molecule has 0 unspecified atom stereocenters. The summed E-state index contributed by atoms with van der Waals surface area (Å²) in [6.45, 7) is 0. The summed E-state index contributed by atoms with van der Waals surface area (Å²) in [7, 11) is 1.22. The van der Waals surface area contributed by atoms with Gasteiger partial charge in [-0.2, -0.15) is 5.26 Å². The van der Waals surface area contributed by atoms with Gasteiger partial charge in [0.25, 0.3) is 5.24 Å². The molecule has 0 heterocycles. The molecule has 1 rings (SSSR count). The third kappa shape index (κ3) is 1.83. The highest BCUT2D eigenvalue weighted by Gasteiger charge is 2.16. The second-order valence-electron chi connectivity index (χ2n) is 2.42. The van der Waals surface area contributed by atoms with Crippen LogP contribution in [0.25, 0.3) is 0 Å². The fourth-order valence-corrected chi connectivity index (χ4v) is 1.15. The molecule has 5 heteroatoms. The molecule has 0 amide bonds. The normalized spacial score (nSPS) is 9.29. The van der Waals surface area contributed by atoms with Gasteiger partial charge >= 0.3 is 0 Å². The Morgan fingerprint density at radius 3 is 2.71 bits per heavy atom. The number of benzene rings is 1. The number of carbonyl (C=O) groups excluding carboxylic acids is 1. The van der Waals surface area contributed by atoms with Crippen molar-refractivity contribution in [2.75, 3.05) is 7.11 Å². The van der Waals surface area contributed by atoms with Crippen LogP contribution in [-0.2, 0) is 0 Å². The maximum absolute atomic E-state index is 13.2. The van der Waals surface area contributed by atoms with Gasteiger partial charge in [-0.15, -0.1) is 0 Å². The van der Waals surface area contributed by atoms with E-state index in [1.54, 1.807) is 6.07 Å². The van der Waals surface area contributed by atoms with E-state index in [9.17, 15) is 9.18 Å². The molecular weight excluding hydrogens is 209 g/mol. The quantitative estimate of drug-likeness (QED) is 0.707. The molecule has 0 bridgehead atoms. The van der Waals surface area contributed by atoms with E-state index < -0.39 is 11.1 Å². The molecule has 72 valence electrons. The summed E-state index contributed by atoms with van der Waals surface area (Å²) in [5, 5.41) is 7.66. The minimum Gasteiger partial charge on any atom is -0.493 e. The third-order valence-corrected chi connectivity index (χ3v) is 1.79. The molecule has 0 N–H and O–H groups in total. The van der Waals surface area contributed by atoms with Crippen molar-refractivity contribution in [2.24, 2.45) is 0 Å². The van der Waals surface area contributed by atoms with Crippen LogP contribution < -0.4 is 4.74 Å². The fraction of sp³-hybridized carbons (Fsp3) is 0.111. The van der Waals surface area contributed by atoms with Gasteiger partial charge < -0.3 is 4.74 Å². The van der Waals surface area contributed by atoms with Crippen LogP contribution in [0.3, 0.4) is 0 Å². The second kappa shape index (κ2) is 4.07. The smallest absolute Gasteiger partial charge is 0.256 e. The fourth-order valence-electron chi connectivity index (χ4n) is 1.01. The number of hydrogen-bond acceptors (Lipinski definition) is 3. The van der Waals surface area contributed by atoms with Crippen molar-refractivity contribution in [1.82, 2.24) is 0 Å². The van der Waals surface area contributed by atoms with Crippen LogP contribution in [0.15, 0.2) is 12.1 Å². The van der Waals surface area contributed by atoms with Crippen LogP contribution in [0.1, 0.15) is 15.9 Å². The van der Waals surface area contributed by atoms with Gasteiger partial charge in [0.15, 0.2) is 11.6 Å². The molecule has 0 atom stereocenters. The number of carbonyl (C=O) groups is 1. The summed E-state index contributed by atoms with van der Waals surface area (Å²) in [5.41, 5.74) is -0.127. The monoisotopic (exact) mass is 213 g/mol. The minimum absolute atomic E-state index is 0.0206. The Balaban J connectivity index is 3.45. The van der Waals surface area contributed by atoms with Gasteiger partial charge in [-0.1, -0.05) is 0 Å². The van der Waals surface area contributed by atoms with Gasteiger partial charge in [0, 0.05) is 0 Å². The zero-order chi connectivity index (χ0) is 10.7. The van der Waals surface area contributed by atoms with Gasteiger partial charge in [-0.3, -0.25) is 4.79 Å². The van der Waals surface area contributed by atoms with Crippen molar-refractivity contribution in [3.05, 3.63) is 29.1 Å². The highest BCUT2D eigenvalue weighted by atomic mass is 35.5. The van der Waals surface area contributed by atoms with Crippen molar-refractivity contribution in [3.8, 4) is 11.8 Å². The Kier molecular flexibility index (Phi) is 3.05. The molecule has 1 aromatic rings. The Morgan fingerprint density at radius 1 is 1.64 bits per heavy atom. The molecule has 0 fully saturated rings. The molecule has 0 aliphatic rings. The second-order valence-corrected chi connectivity index (χ2v) is 2.77. The molecule has 14 heavy (non-hydrogen) atoms.